The smallest absolute Gasteiger partial charge is 0.261 e. The Balaban J connectivity index is 1.53. The standard InChI is InChI=1S/C24H23F2N5O/c1-16(23(32)30-20-4-7-28-8-5-20)21-11-18(2-3-22(21)27)19-10-17(12-29-13-19)14-31-9-6-24(25,26)15-31/h2-5,7-8,10-13H,1,6,9,14-15,27H2,(H,28,30,32). The number of anilines is 2. The second-order valence-corrected chi connectivity index (χ2v) is 7.87. The van der Waals surface area contributed by atoms with Gasteiger partial charge >= 0.3 is 0 Å². The molecule has 0 spiro atoms. The van der Waals surface area contributed by atoms with Crippen molar-refractivity contribution in [2.45, 2.75) is 18.9 Å². The predicted molar refractivity (Wildman–Crippen MR) is 121 cm³/mol. The van der Waals surface area contributed by atoms with Crippen LogP contribution in [0.5, 0.6) is 0 Å². The van der Waals surface area contributed by atoms with Crippen molar-refractivity contribution in [3.05, 3.63) is 78.9 Å². The third-order valence-electron chi connectivity index (χ3n) is 5.37. The first-order valence-corrected chi connectivity index (χ1v) is 10.2. The number of benzene rings is 1. The van der Waals surface area contributed by atoms with Crippen molar-refractivity contribution < 1.29 is 13.6 Å². The van der Waals surface area contributed by atoms with Crippen LogP contribution in [0.3, 0.4) is 0 Å². The molecule has 3 heterocycles. The Kier molecular flexibility index (Phi) is 5.96. The Morgan fingerprint density at radius 2 is 1.91 bits per heavy atom. The average Bonchev–Trinajstić information content (AvgIpc) is 3.12. The van der Waals surface area contributed by atoms with Gasteiger partial charge in [-0.3, -0.25) is 19.7 Å². The zero-order valence-electron chi connectivity index (χ0n) is 17.4. The van der Waals surface area contributed by atoms with Gasteiger partial charge in [0.1, 0.15) is 0 Å². The Morgan fingerprint density at radius 1 is 1.12 bits per heavy atom. The van der Waals surface area contributed by atoms with Crippen LogP contribution in [0.2, 0.25) is 0 Å². The normalized spacial score (nSPS) is 15.4. The molecule has 1 aliphatic rings. The molecular formula is C24H23F2N5O. The fourth-order valence-electron chi connectivity index (χ4n) is 3.69. The van der Waals surface area contributed by atoms with E-state index in [2.05, 4.69) is 21.9 Å². The summed E-state index contributed by atoms with van der Waals surface area (Å²) < 4.78 is 27.0. The van der Waals surface area contributed by atoms with E-state index in [0.29, 0.717) is 30.0 Å². The maximum atomic E-state index is 13.5. The molecule has 1 saturated heterocycles. The van der Waals surface area contributed by atoms with Gasteiger partial charge in [0.05, 0.1) is 6.54 Å². The van der Waals surface area contributed by atoms with E-state index in [9.17, 15) is 13.6 Å². The fraction of sp³-hybridized carbons (Fsp3) is 0.208. The van der Waals surface area contributed by atoms with Crippen LogP contribution in [0, 0.1) is 0 Å². The first-order chi connectivity index (χ1) is 15.3. The highest BCUT2D eigenvalue weighted by molar-refractivity contribution is 6.25. The number of nitrogens with two attached hydrogens (primary N) is 1. The predicted octanol–water partition coefficient (Wildman–Crippen LogP) is 4.22. The molecule has 1 aromatic carbocycles. The highest BCUT2D eigenvalue weighted by Gasteiger charge is 2.37. The van der Waals surface area contributed by atoms with Crippen molar-refractivity contribution in [3.63, 3.8) is 0 Å². The highest BCUT2D eigenvalue weighted by atomic mass is 19.3. The lowest BCUT2D eigenvalue weighted by Crippen LogP contribution is -2.24. The third-order valence-corrected chi connectivity index (χ3v) is 5.37. The van der Waals surface area contributed by atoms with Gasteiger partial charge in [-0.1, -0.05) is 12.6 Å². The van der Waals surface area contributed by atoms with Crippen LogP contribution in [0.1, 0.15) is 17.5 Å². The molecule has 0 radical (unpaired) electrons. The molecule has 1 fully saturated rings. The van der Waals surface area contributed by atoms with Gasteiger partial charge in [-0.05, 0) is 41.5 Å². The van der Waals surface area contributed by atoms with Crippen LogP contribution < -0.4 is 11.1 Å². The number of hydrogen-bond donors (Lipinski definition) is 2. The van der Waals surface area contributed by atoms with Gasteiger partial charge in [0.25, 0.3) is 11.8 Å². The molecule has 4 rings (SSSR count). The fourth-order valence-corrected chi connectivity index (χ4v) is 3.69. The zero-order chi connectivity index (χ0) is 22.7. The minimum atomic E-state index is -2.63. The minimum Gasteiger partial charge on any atom is -0.398 e. The second kappa shape index (κ2) is 8.84. The first-order valence-electron chi connectivity index (χ1n) is 10.2. The number of carbonyl (C=O) groups is 1. The molecule has 0 bridgehead atoms. The van der Waals surface area contributed by atoms with E-state index >= 15 is 0 Å². The van der Waals surface area contributed by atoms with E-state index < -0.39 is 5.92 Å². The van der Waals surface area contributed by atoms with Crippen LogP contribution in [0.15, 0.2) is 67.8 Å². The number of carbonyl (C=O) groups excluding carboxylic acids is 1. The highest BCUT2D eigenvalue weighted by Crippen LogP contribution is 2.30. The summed E-state index contributed by atoms with van der Waals surface area (Å²) in [5.74, 6) is -3.00. The van der Waals surface area contributed by atoms with Gasteiger partial charge in [0.15, 0.2) is 0 Å². The summed E-state index contributed by atoms with van der Waals surface area (Å²) in [7, 11) is 0. The molecule has 0 atom stereocenters. The number of halogens is 2. The van der Waals surface area contributed by atoms with Crippen molar-refractivity contribution in [1.29, 1.82) is 0 Å². The quantitative estimate of drug-likeness (QED) is 0.447. The van der Waals surface area contributed by atoms with Gasteiger partial charge < -0.3 is 11.1 Å². The van der Waals surface area contributed by atoms with Gasteiger partial charge in [-0.15, -0.1) is 0 Å². The Hall–Kier alpha value is -3.65. The van der Waals surface area contributed by atoms with E-state index in [1.54, 1.807) is 54.0 Å². The van der Waals surface area contributed by atoms with E-state index in [0.717, 1.165) is 16.7 Å². The topological polar surface area (TPSA) is 84.1 Å². The zero-order valence-corrected chi connectivity index (χ0v) is 17.4. The molecule has 3 N–H and O–H groups in total. The Bertz CT molecular complexity index is 1150. The summed E-state index contributed by atoms with van der Waals surface area (Å²) in [6.07, 6.45) is 6.41. The Labute approximate surface area is 184 Å². The molecule has 1 amide bonds. The Morgan fingerprint density at radius 3 is 2.62 bits per heavy atom. The van der Waals surface area contributed by atoms with Gasteiger partial charge in [-0.25, -0.2) is 8.78 Å². The van der Waals surface area contributed by atoms with E-state index in [4.69, 9.17) is 5.73 Å². The van der Waals surface area contributed by atoms with Crippen molar-refractivity contribution in [1.82, 2.24) is 14.9 Å². The molecular weight excluding hydrogens is 412 g/mol. The lowest BCUT2D eigenvalue weighted by molar-refractivity contribution is -0.111. The average molecular weight is 435 g/mol. The molecule has 3 aromatic rings. The van der Waals surface area contributed by atoms with Gasteiger partial charge in [-0.2, -0.15) is 0 Å². The SMILES string of the molecule is C=C(C(=O)Nc1ccncc1)c1cc(-c2cncc(CN3CCC(F)(F)C3)c2)ccc1N. The van der Waals surface area contributed by atoms with Gasteiger partial charge in [0.2, 0.25) is 0 Å². The molecule has 164 valence electrons. The van der Waals surface area contributed by atoms with Crippen LogP contribution in [-0.4, -0.2) is 39.8 Å². The second-order valence-electron chi connectivity index (χ2n) is 7.87. The van der Waals surface area contributed by atoms with Crippen molar-refractivity contribution in [2.24, 2.45) is 0 Å². The molecule has 0 saturated carbocycles. The maximum absolute atomic E-state index is 13.5. The third kappa shape index (κ3) is 4.97. The molecule has 32 heavy (non-hydrogen) atoms. The number of nitrogen functional groups attached to an aromatic ring is 1. The number of nitrogens with one attached hydrogen (secondary N) is 1. The van der Waals surface area contributed by atoms with Crippen LogP contribution >= 0.6 is 0 Å². The number of hydrogen-bond acceptors (Lipinski definition) is 5. The monoisotopic (exact) mass is 435 g/mol. The summed E-state index contributed by atoms with van der Waals surface area (Å²) in [5.41, 5.74) is 10.3. The number of pyridine rings is 2. The van der Waals surface area contributed by atoms with Gasteiger partial charge in [0, 0.05) is 72.4 Å². The summed E-state index contributed by atoms with van der Waals surface area (Å²) >= 11 is 0. The number of aromatic nitrogens is 2. The summed E-state index contributed by atoms with van der Waals surface area (Å²) in [6, 6.07) is 10.6. The summed E-state index contributed by atoms with van der Waals surface area (Å²) in [5, 5.41) is 2.77. The van der Waals surface area contributed by atoms with Crippen LogP contribution in [0.25, 0.3) is 16.7 Å². The largest absolute Gasteiger partial charge is 0.398 e. The van der Waals surface area contributed by atoms with E-state index in [-0.39, 0.29) is 24.4 Å². The van der Waals surface area contributed by atoms with Crippen molar-refractivity contribution >= 4 is 22.9 Å². The molecule has 0 aliphatic carbocycles. The molecule has 6 nitrogen and oxygen atoms in total. The summed E-state index contributed by atoms with van der Waals surface area (Å²) in [6.45, 7) is 4.43. The maximum Gasteiger partial charge on any atom is 0.261 e. The first kappa shape index (κ1) is 21.6. The number of amides is 1. The number of rotatable bonds is 6. The number of alkyl halides is 2. The lowest BCUT2D eigenvalue weighted by atomic mass is 9.98. The van der Waals surface area contributed by atoms with E-state index in [1.165, 1.54) is 0 Å². The number of nitrogens with zero attached hydrogens (tertiary/aromatic N) is 3. The molecule has 0 unspecified atom stereocenters. The van der Waals surface area contributed by atoms with Crippen molar-refractivity contribution in [3.8, 4) is 11.1 Å². The van der Waals surface area contributed by atoms with Crippen LogP contribution in [0.4, 0.5) is 20.2 Å². The lowest BCUT2D eigenvalue weighted by Gasteiger charge is -2.16. The number of likely N-dealkylation sites (tertiary alicyclic amines) is 1. The molecule has 2 aromatic heterocycles. The summed E-state index contributed by atoms with van der Waals surface area (Å²) in [4.78, 5) is 22.6. The minimum absolute atomic E-state index is 0.120. The molecule has 8 heteroatoms. The molecule has 1 aliphatic heterocycles. The van der Waals surface area contributed by atoms with E-state index in [1.807, 2.05) is 12.1 Å². The van der Waals surface area contributed by atoms with Crippen LogP contribution in [-0.2, 0) is 11.3 Å². The van der Waals surface area contributed by atoms with Crippen molar-refractivity contribution in [2.75, 3.05) is 24.1 Å².